The number of pyridine rings is 1. The van der Waals surface area contributed by atoms with Gasteiger partial charge >= 0.3 is 5.97 Å². The molecule has 3 aromatic heterocycles. The van der Waals surface area contributed by atoms with E-state index >= 15 is 0 Å². The molecule has 1 amide bonds. The average Bonchev–Trinajstić information content (AvgIpc) is 3.44. The second-order valence-corrected chi connectivity index (χ2v) is 13.5. The Morgan fingerprint density at radius 2 is 1.83 bits per heavy atom. The number of carboxylic acid groups (broad SMARTS) is 1. The van der Waals surface area contributed by atoms with E-state index in [2.05, 4.69) is 39.7 Å². The lowest BCUT2D eigenvalue weighted by Crippen LogP contribution is -2.52. The molecule has 0 aliphatic heterocycles. The number of aryl methyl sites for hydroxylation is 1. The number of benzene rings is 2. The van der Waals surface area contributed by atoms with Gasteiger partial charge in [0.15, 0.2) is 0 Å². The van der Waals surface area contributed by atoms with Crippen molar-refractivity contribution in [3.8, 4) is 11.4 Å². The van der Waals surface area contributed by atoms with Crippen molar-refractivity contribution in [2.45, 2.75) is 75.8 Å². The van der Waals surface area contributed by atoms with Crippen LogP contribution in [-0.4, -0.2) is 36.1 Å². The second-order valence-electron chi connectivity index (χ2n) is 13.5. The Bertz CT molecular complexity index is 2010. The van der Waals surface area contributed by atoms with E-state index in [4.69, 9.17) is 15.1 Å². The molecule has 3 aliphatic rings. The number of rotatable bonds is 9. The lowest BCUT2D eigenvalue weighted by Gasteiger charge is -2.42. The molecule has 3 aliphatic carbocycles. The zero-order chi connectivity index (χ0) is 31.4. The van der Waals surface area contributed by atoms with Crippen molar-refractivity contribution in [3.63, 3.8) is 0 Å². The summed E-state index contributed by atoms with van der Waals surface area (Å²) in [7, 11) is 2.10. The zero-order valence-electron chi connectivity index (χ0n) is 26.2. The Labute approximate surface area is 268 Å². The molecule has 5 aromatic rings. The van der Waals surface area contributed by atoms with Gasteiger partial charge in [-0.1, -0.05) is 31.0 Å². The number of hydrogen-bond acceptors (Lipinski definition) is 4. The molecule has 3 heterocycles. The van der Waals surface area contributed by atoms with Gasteiger partial charge in [-0.05, 0) is 110 Å². The van der Waals surface area contributed by atoms with Gasteiger partial charge in [0.25, 0.3) is 5.91 Å². The van der Waals surface area contributed by atoms with E-state index < -0.39 is 11.5 Å². The maximum absolute atomic E-state index is 14.1. The summed E-state index contributed by atoms with van der Waals surface area (Å²) in [6.45, 7) is 0.852. The van der Waals surface area contributed by atoms with Crippen LogP contribution in [0.15, 0.2) is 66.9 Å². The van der Waals surface area contributed by atoms with Crippen LogP contribution in [0.1, 0.15) is 91.0 Å². The number of hydrogen-bond donors (Lipinski definition) is 2. The Balaban J connectivity index is 1.17. The van der Waals surface area contributed by atoms with Gasteiger partial charge in [0.05, 0.1) is 28.0 Å². The summed E-state index contributed by atoms with van der Waals surface area (Å²) in [5, 5.41) is 13.8. The highest BCUT2D eigenvalue weighted by Crippen LogP contribution is 2.46. The van der Waals surface area contributed by atoms with Crippen LogP contribution in [-0.2, 0) is 23.9 Å². The number of fused-ring (bicyclic) bond motifs is 2. The van der Waals surface area contributed by atoms with Crippen molar-refractivity contribution < 1.29 is 14.7 Å². The van der Waals surface area contributed by atoms with Gasteiger partial charge in [-0.3, -0.25) is 9.78 Å². The fourth-order valence-corrected chi connectivity index (χ4v) is 7.79. The normalized spacial score (nSPS) is 18.0. The van der Waals surface area contributed by atoms with E-state index in [1.807, 2.05) is 42.6 Å². The van der Waals surface area contributed by atoms with E-state index in [9.17, 15) is 9.59 Å². The number of imidazole rings is 1. The molecule has 234 valence electrons. The van der Waals surface area contributed by atoms with Gasteiger partial charge in [-0.25, -0.2) is 9.78 Å². The molecule has 0 spiro atoms. The van der Waals surface area contributed by atoms with E-state index in [-0.39, 0.29) is 5.91 Å². The monoisotopic (exact) mass is 613 g/mol. The minimum absolute atomic E-state index is 0.0836. The summed E-state index contributed by atoms with van der Waals surface area (Å²) in [5.41, 5.74) is 7.33. The molecule has 3 fully saturated rings. The first-order valence-electron chi connectivity index (χ1n) is 16.7. The van der Waals surface area contributed by atoms with Crippen LogP contribution in [0.2, 0.25) is 0 Å². The Morgan fingerprint density at radius 3 is 2.52 bits per heavy atom. The Morgan fingerprint density at radius 1 is 1.00 bits per heavy atom. The summed E-state index contributed by atoms with van der Waals surface area (Å²) in [6.07, 6.45) is 14.6. The molecule has 0 unspecified atom stereocenters. The third-order valence-corrected chi connectivity index (χ3v) is 10.5. The van der Waals surface area contributed by atoms with Gasteiger partial charge in [-0.15, -0.1) is 0 Å². The van der Waals surface area contributed by atoms with Crippen LogP contribution >= 0.6 is 0 Å². The highest BCUT2D eigenvalue weighted by atomic mass is 16.4. The number of nitrogens with zero attached hydrogens (tertiary/aromatic N) is 4. The maximum Gasteiger partial charge on any atom is 0.328 e. The zero-order valence-corrected chi connectivity index (χ0v) is 26.2. The number of carboxylic acids is 1. The SMILES string of the molecule is Cn1c(-c2ccccn2)c(C2CCCC2)c2ccc(C(=O)NC3(c4nc5ccc(C=CC(=O)O)cc5n4CC4CC4)CCC3)cc21. The largest absolute Gasteiger partial charge is 0.478 e. The number of amides is 1. The third-order valence-electron chi connectivity index (χ3n) is 10.5. The summed E-state index contributed by atoms with van der Waals surface area (Å²) >= 11 is 0. The topological polar surface area (TPSA) is 102 Å². The fraction of sp³-hybridized carbons (Fsp3) is 0.368. The van der Waals surface area contributed by atoms with E-state index in [0.717, 1.165) is 71.2 Å². The smallest absolute Gasteiger partial charge is 0.328 e. The van der Waals surface area contributed by atoms with Crippen molar-refractivity contribution >= 4 is 39.9 Å². The predicted molar refractivity (Wildman–Crippen MR) is 179 cm³/mol. The van der Waals surface area contributed by atoms with Crippen molar-refractivity contribution in [2.24, 2.45) is 13.0 Å². The lowest BCUT2D eigenvalue weighted by atomic mass is 9.75. The molecule has 0 bridgehead atoms. The first kappa shape index (κ1) is 28.7. The number of carbonyl (C=O) groups is 2. The summed E-state index contributed by atoms with van der Waals surface area (Å²) in [5.74, 6) is 0.955. The Hall–Kier alpha value is -4.72. The van der Waals surface area contributed by atoms with Crippen LogP contribution in [0.4, 0.5) is 0 Å². The first-order chi connectivity index (χ1) is 22.4. The molecule has 0 radical (unpaired) electrons. The minimum atomic E-state index is -0.973. The molecule has 0 atom stereocenters. The Kier molecular flexibility index (Phi) is 7.04. The number of carbonyl (C=O) groups excluding carboxylic acids is 1. The van der Waals surface area contributed by atoms with Gasteiger partial charge in [0.1, 0.15) is 5.82 Å². The predicted octanol–water partition coefficient (Wildman–Crippen LogP) is 7.56. The maximum atomic E-state index is 14.1. The fourth-order valence-electron chi connectivity index (χ4n) is 7.79. The minimum Gasteiger partial charge on any atom is -0.478 e. The second kappa shape index (κ2) is 11.3. The molecule has 8 rings (SSSR count). The molecule has 0 saturated heterocycles. The van der Waals surface area contributed by atoms with Gasteiger partial charge in [0.2, 0.25) is 0 Å². The quantitative estimate of drug-likeness (QED) is 0.167. The molecular weight excluding hydrogens is 574 g/mol. The average molecular weight is 614 g/mol. The molecular formula is C38H39N5O3. The molecule has 8 heteroatoms. The standard InChI is InChI=1S/C38H39N5O3/c1-42-31-22-27(14-15-28(31)34(26-7-2-3-8-26)35(42)30-9-4-5-20-39-30)36(46)41-38(18-6-19-38)37-40-29-16-12-24(13-17-33(44)45)21-32(29)43(37)23-25-10-11-25/h4-5,9,12-17,20-22,25-26H,2-3,6-8,10-11,18-19,23H2,1H3,(H,41,46)(H,44,45). The van der Waals surface area contributed by atoms with Crippen LogP contribution < -0.4 is 5.32 Å². The highest BCUT2D eigenvalue weighted by molar-refractivity contribution is 6.01. The van der Waals surface area contributed by atoms with Crippen LogP contribution in [0.3, 0.4) is 0 Å². The lowest BCUT2D eigenvalue weighted by molar-refractivity contribution is -0.131. The van der Waals surface area contributed by atoms with Crippen LogP contribution in [0.25, 0.3) is 39.4 Å². The number of aliphatic carboxylic acids is 1. The highest BCUT2D eigenvalue weighted by Gasteiger charge is 2.45. The number of aromatic nitrogens is 4. The molecule has 46 heavy (non-hydrogen) atoms. The van der Waals surface area contributed by atoms with Crippen LogP contribution in [0, 0.1) is 5.92 Å². The van der Waals surface area contributed by atoms with Crippen LogP contribution in [0.5, 0.6) is 0 Å². The number of nitrogens with one attached hydrogen (secondary N) is 1. The van der Waals surface area contributed by atoms with Gasteiger partial charge < -0.3 is 19.6 Å². The molecule has 8 nitrogen and oxygen atoms in total. The molecule has 3 saturated carbocycles. The van der Waals surface area contributed by atoms with Gasteiger partial charge in [0, 0.05) is 42.3 Å². The summed E-state index contributed by atoms with van der Waals surface area (Å²) in [4.78, 5) is 35.1. The first-order valence-corrected chi connectivity index (χ1v) is 16.7. The van der Waals surface area contributed by atoms with E-state index in [0.29, 0.717) is 17.4 Å². The van der Waals surface area contributed by atoms with Crippen molar-refractivity contribution in [2.75, 3.05) is 0 Å². The van der Waals surface area contributed by atoms with Gasteiger partial charge in [-0.2, -0.15) is 0 Å². The van der Waals surface area contributed by atoms with Crippen molar-refractivity contribution in [1.82, 2.24) is 24.4 Å². The van der Waals surface area contributed by atoms with Crippen molar-refractivity contribution in [1.29, 1.82) is 0 Å². The van der Waals surface area contributed by atoms with E-state index in [1.54, 1.807) is 6.08 Å². The summed E-state index contributed by atoms with van der Waals surface area (Å²) < 4.78 is 4.52. The van der Waals surface area contributed by atoms with Crippen molar-refractivity contribution in [3.05, 3.63) is 89.4 Å². The molecule has 2 aromatic carbocycles. The third kappa shape index (κ3) is 5.00. The molecule has 2 N–H and O–H groups in total. The summed E-state index contributed by atoms with van der Waals surface area (Å²) in [6, 6.07) is 18.1. The van der Waals surface area contributed by atoms with E-state index in [1.165, 1.54) is 49.5 Å².